The smallest absolute Gasteiger partial charge is 0.283 e. The number of likely N-dealkylation sites (N-methyl/N-ethyl adjacent to an activating group) is 1. The van der Waals surface area contributed by atoms with Crippen LogP contribution in [-0.2, 0) is 0 Å². The summed E-state index contributed by atoms with van der Waals surface area (Å²) in [6, 6.07) is 0.566. The van der Waals surface area contributed by atoms with Crippen LogP contribution in [0.3, 0.4) is 0 Å². The van der Waals surface area contributed by atoms with Gasteiger partial charge in [-0.25, -0.2) is 4.68 Å². The molecule has 1 N–H and O–H groups in total. The van der Waals surface area contributed by atoms with Crippen LogP contribution in [0.4, 0.5) is 5.69 Å². The van der Waals surface area contributed by atoms with E-state index in [1.807, 2.05) is 13.8 Å². The fourth-order valence-corrected chi connectivity index (χ4v) is 3.30. The Morgan fingerprint density at radius 1 is 1.52 bits per heavy atom. The first-order chi connectivity index (χ1) is 10.0. The molecular weight excluding hydrogens is 332 g/mol. The second kappa shape index (κ2) is 7.40. The third-order valence-corrected chi connectivity index (χ3v) is 4.74. The molecule has 0 amide bonds. The van der Waals surface area contributed by atoms with Gasteiger partial charge in [-0.3, -0.25) is 4.79 Å². The molecule has 0 aliphatic carbocycles. The Morgan fingerprint density at radius 2 is 2.29 bits per heavy atom. The molecular formula is C15H25BrN4O. The van der Waals surface area contributed by atoms with Gasteiger partial charge in [-0.05, 0) is 56.1 Å². The van der Waals surface area contributed by atoms with E-state index in [9.17, 15) is 4.79 Å². The summed E-state index contributed by atoms with van der Waals surface area (Å²) in [5.41, 5.74) is 0.837. The Morgan fingerprint density at radius 3 is 2.86 bits per heavy atom. The summed E-state index contributed by atoms with van der Waals surface area (Å²) >= 11 is 3.47. The van der Waals surface area contributed by atoms with Crippen LogP contribution in [0.2, 0.25) is 0 Å². The van der Waals surface area contributed by atoms with E-state index in [0.29, 0.717) is 10.5 Å². The lowest BCUT2D eigenvalue weighted by Crippen LogP contribution is -2.44. The van der Waals surface area contributed by atoms with Gasteiger partial charge in [0.05, 0.1) is 17.9 Å². The predicted octanol–water partition coefficient (Wildman–Crippen LogP) is 2.56. The number of anilines is 1. The van der Waals surface area contributed by atoms with Crippen LogP contribution in [0.1, 0.15) is 46.1 Å². The fourth-order valence-electron chi connectivity index (χ4n) is 2.77. The molecule has 1 aromatic rings. The van der Waals surface area contributed by atoms with Gasteiger partial charge in [-0.2, -0.15) is 5.10 Å². The molecule has 1 fully saturated rings. The van der Waals surface area contributed by atoms with Crippen LogP contribution in [-0.4, -0.2) is 35.5 Å². The van der Waals surface area contributed by atoms with Crippen LogP contribution >= 0.6 is 15.9 Å². The maximum absolute atomic E-state index is 12.4. The molecule has 2 heterocycles. The van der Waals surface area contributed by atoms with Crippen molar-refractivity contribution in [2.45, 2.75) is 52.1 Å². The highest BCUT2D eigenvalue weighted by atomic mass is 79.9. The molecule has 1 saturated heterocycles. The van der Waals surface area contributed by atoms with Crippen molar-refractivity contribution >= 4 is 21.6 Å². The topological polar surface area (TPSA) is 50.2 Å². The number of halogens is 1. The number of nitrogens with one attached hydrogen (secondary N) is 1. The monoisotopic (exact) mass is 356 g/mol. The van der Waals surface area contributed by atoms with Crippen LogP contribution in [0.15, 0.2) is 15.5 Å². The van der Waals surface area contributed by atoms with Crippen LogP contribution in [0.25, 0.3) is 0 Å². The minimum Gasteiger partial charge on any atom is -0.368 e. The van der Waals surface area contributed by atoms with E-state index in [-0.39, 0.29) is 11.6 Å². The Kier molecular flexibility index (Phi) is 5.81. The molecule has 1 aromatic heterocycles. The summed E-state index contributed by atoms with van der Waals surface area (Å²) in [4.78, 5) is 14.6. The lowest BCUT2D eigenvalue weighted by molar-refractivity contribution is 0.399. The molecule has 0 radical (unpaired) electrons. The Balaban J connectivity index is 2.21. The average molecular weight is 357 g/mol. The van der Waals surface area contributed by atoms with Crippen LogP contribution in [0.5, 0.6) is 0 Å². The lowest BCUT2D eigenvalue weighted by Gasteiger charge is -2.31. The van der Waals surface area contributed by atoms with Gasteiger partial charge >= 0.3 is 0 Å². The molecule has 5 nitrogen and oxygen atoms in total. The zero-order chi connectivity index (χ0) is 15.4. The molecule has 0 aromatic carbocycles. The normalized spacial score (nSPS) is 19.0. The van der Waals surface area contributed by atoms with Crippen LogP contribution in [0, 0.1) is 0 Å². The maximum Gasteiger partial charge on any atom is 0.283 e. The van der Waals surface area contributed by atoms with Crippen LogP contribution < -0.4 is 15.8 Å². The van der Waals surface area contributed by atoms with Gasteiger partial charge in [0.2, 0.25) is 0 Å². The van der Waals surface area contributed by atoms with Crippen molar-refractivity contribution in [3.8, 4) is 0 Å². The van der Waals surface area contributed by atoms with Crippen molar-refractivity contribution in [1.82, 2.24) is 15.1 Å². The average Bonchev–Trinajstić information content (AvgIpc) is 2.48. The van der Waals surface area contributed by atoms with E-state index < -0.39 is 0 Å². The number of hydrogen-bond donors (Lipinski definition) is 1. The Bertz CT molecular complexity index is 523. The number of aromatic nitrogens is 2. The summed E-state index contributed by atoms with van der Waals surface area (Å²) < 4.78 is 2.13. The minimum absolute atomic E-state index is 0.0578. The van der Waals surface area contributed by atoms with Gasteiger partial charge in [0.15, 0.2) is 0 Å². The summed E-state index contributed by atoms with van der Waals surface area (Å²) in [6.07, 6.45) is 5.55. The molecule has 1 unspecified atom stereocenters. The van der Waals surface area contributed by atoms with Gasteiger partial charge in [0.25, 0.3) is 5.56 Å². The molecule has 0 saturated carbocycles. The zero-order valence-corrected chi connectivity index (χ0v) is 14.7. The molecule has 1 aliphatic rings. The summed E-state index contributed by atoms with van der Waals surface area (Å²) in [5, 5.41) is 7.87. The Hall–Kier alpha value is -0.880. The zero-order valence-electron chi connectivity index (χ0n) is 13.1. The molecule has 0 spiro atoms. The van der Waals surface area contributed by atoms with Crippen molar-refractivity contribution in [2.24, 2.45) is 0 Å². The largest absolute Gasteiger partial charge is 0.368 e. The van der Waals surface area contributed by atoms with Crippen molar-refractivity contribution in [3.05, 3.63) is 21.0 Å². The summed E-state index contributed by atoms with van der Waals surface area (Å²) in [6.45, 7) is 8.92. The second-order valence-electron chi connectivity index (χ2n) is 5.87. The second-order valence-corrected chi connectivity index (χ2v) is 6.67. The predicted molar refractivity (Wildman–Crippen MR) is 90.1 cm³/mol. The van der Waals surface area contributed by atoms with E-state index in [0.717, 1.165) is 25.3 Å². The SMILES string of the molecule is CCN(CC1CCCCN1)c1cnn(C(C)C)c(=O)c1Br. The molecule has 1 atom stereocenters. The van der Waals surface area contributed by atoms with Crippen molar-refractivity contribution in [1.29, 1.82) is 0 Å². The fraction of sp³-hybridized carbons (Fsp3) is 0.733. The van der Waals surface area contributed by atoms with Crippen molar-refractivity contribution in [2.75, 3.05) is 24.5 Å². The van der Waals surface area contributed by atoms with Crippen molar-refractivity contribution in [3.63, 3.8) is 0 Å². The molecule has 6 heteroatoms. The molecule has 0 bridgehead atoms. The quantitative estimate of drug-likeness (QED) is 0.880. The van der Waals surface area contributed by atoms with E-state index in [1.54, 1.807) is 6.20 Å². The molecule has 21 heavy (non-hydrogen) atoms. The lowest BCUT2D eigenvalue weighted by atomic mass is 10.0. The van der Waals surface area contributed by atoms with Gasteiger partial charge in [-0.15, -0.1) is 0 Å². The van der Waals surface area contributed by atoms with E-state index in [2.05, 4.69) is 38.2 Å². The highest BCUT2D eigenvalue weighted by molar-refractivity contribution is 9.10. The number of nitrogens with zero attached hydrogens (tertiary/aromatic N) is 3. The third kappa shape index (κ3) is 3.86. The van der Waals surface area contributed by atoms with E-state index >= 15 is 0 Å². The van der Waals surface area contributed by atoms with Gasteiger partial charge < -0.3 is 10.2 Å². The number of hydrogen-bond acceptors (Lipinski definition) is 4. The van der Waals surface area contributed by atoms with Gasteiger partial charge in [-0.1, -0.05) is 6.42 Å². The first-order valence-electron chi connectivity index (χ1n) is 7.80. The molecule has 2 rings (SSSR count). The first-order valence-corrected chi connectivity index (χ1v) is 8.59. The minimum atomic E-state index is -0.0578. The molecule has 118 valence electrons. The number of piperidine rings is 1. The van der Waals surface area contributed by atoms with Crippen molar-refractivity contribution < 1.29 is 0 Å². The summed E-state index contributed by atoms with van der Waals surface area (Å²) in [5.74, 6) is 0. The Labute approximate surface area is 134 Å². The standard InChI is InChI=1S/C15H25BrN4O/c1-4-19(10-12-7-5-6-8-17-12)13-9-18-20(11(2)3)15(21)14(13)16/h9,11-12,17H,4-8,10H2,1-3H3. The van der Waals surface area contributed by atoms with E-state index in [1.165, 1.54) is 23.9 Å². The first kappa shape index (κ1) is 16.5. The van der Waals surface area contributed by atoms with Gasteiger partial charge in [0.1, 0.15) is 4.47 Å². The highest BCUT2D eigenvalue weighted by Crippen LogP contribution is 2.23. The third-order valence-electron chi connectivity index (χ3n) is 3.99. The van der Waals surface area contributed by atoms with E-state index in [4.69, 9.17) is 0 Å². The molecule has 1 aliphatic heterocycles. The highest BCUT2D eigenvalue weighted by Gasteiger charge is 2.20. The summed E-state index contributed by atoms with van der Waals surface area (Å²) in [7, 11) is 0. The number of rotatable bonds is 5. The van der Waals surface area contributed by atoms with Gasteiger partial charge in [0, 0.05) is 19.1 Å². The maximum atomic E-state index is 12.4.